The second kappa shape index (κ2) is 47.8. The van der Waals surface area contributed by atoms with Crippen LogP contribution in [0.25, 0.3) is 0 Å². The van der Waals surface area contributed by atoms with Gasteiger partial charge >= 0.3 is 5.97 Å². The van der Waals surface area contributed by atoms with E-state index in [1.165, 1.54) is 148 Å². The van der Waals surface area contributed by atoms with E-state index >= 15 is 0 Å². The van der Waals surface area contributed by atoms with Gasteiger partial charge < -0.3 is 20.3 Å². The summed E-state index contributed by atoms with van der Waals surface area (Å²) in [5, 5.41) is 23.0. The Hall–Kier alpha value is -1.92. The molecular weight excluding hydrogens is 719 g/mol. The number of ether oxygens (including phenoxy) is 1. The van der Waals surface area contributed by atoms with E-state index in [4.69, 9.17) is 4.74 Å². The van der Waals surface area contributed by atoms with Gasteiger partial charge in [-0.1, -0.05) is 198 Å². The molecular formula is C52H97NO5. The Labute approximate surface area is 360 Å². The monoisotopic (exact) mass is 816 g/mol. The van der Waals surface area contributed by atoms with Crippen LogP contribution >= 0.6 is 0 Å². The summed E-state index contributed by atoms with van der Waals surface area (Å²) >= 11 is 0. The second-order valence-electron chi connectivity index (χ2n) is 17.1. The Balaban J connectivity index is 3.57. The van der Waals surface area contributed by atoms with Crippen LogP contribution in [0.4, 0.5) is 0 Å². The van der Waals surface area contributed by atoms with Gasteiger partial charge in [0.2, 0.25) is 5.91 Å². The van der Waals surface area contributed by atoms with Gasteiger partial charge in [0.25, 0.3) is 0 Å². The standard InChI is InChI=1S/C52H97NO5/c1-3-5-7-9-11-13-15-17-19-20-21-24-28-32-36-40-44-50(55)49(48-54)53-51(56)45-41-37-33-29-25-23-27-31-35-39-43-47-58-52(57)46-42-38-34-30-26-22-18-16-14-12-10-8-6-4-2/h16,18,27,31,40,44,49-50,54-55H,3-15,17,19-26,28-30,32-39,41-43,45-48H2,1-2H3,(H,53,56)/b18-16-,31-27-,44-40+. The minimum absolute atomic E-state index is 0.0421. The molecule has 0 aliphatic carbocycles. The third-order valence-corrected chi connectivity index (χ3v) is 11.4. The SMILES string of the molecule is CCCCCCC/C=C\CCCCCCCC(=O)OCCCC/C=C\CCCCCCCC(=O)NC(CO)C(O)/C=C/CCCCCCCCCCCCCCCC. The zero-order valence-electron chi connectivity index (χ0n) is 38.5. The van der Waals surface area contributed by atoms with Crippen molar-refractivity contribution in [2.45, 2.75) is 270 Å². The number of nitrogens with one attached hydrogen (secondary N) is 1. The van der Waals surface area contributed by atoms with Crippen LogP contribution in [-0.2, 0) is 14.3 Å². The molecule has 2 atom stereocenters. The molecule has 0 radical (unpaired) electrons. The maximum Gasteiger partial charge on any atom is 0.305 e. The normalized spacial score (nSPS) is 13.0. The topological polar surface area (TPSA) is 95.9 Å². The predicted octanol–water partition coefficient (Wildman–Crippen LogP) is 14.9. The minimum Gasteiger partial charge on any atom is -0.466 e. The first kappa shape index (κ1) is 56.1. The van der Waals surface area contributed by atoms with Gasteiger partial charge in [0.15, 0.2) is 0 Å². The van der Waals surface area contributed by atoms with Gasteiger partial charge in [0.05, 0.1) is 25.4 Å². The highest BCUT2D eigenvalue weighted by molar-refractivity contribution is 5.76. The molecule has 0 saturated carbocycles. The molecule has 340 valence electrons. The number of hydrogen-bond acceptors (Lipinski definition) is 5. The lowest BCUT2D eigenvalue weighted by atomic mass is 10.0. The lowest BCUT2D eigenvalue weighted by Crippen LogP contribution is -2.45. The van der Waals surface area contributed by atoms with Crippen molar-refractivity contribution in [3.8, 4) is 0 Å². The number of carbonyl (C=O) groups excluding carboxylic acids is 2. The number of carbonyl (C=O) groups is 2. The van der Waals surface area contributed by atoms with Crippen LogP contribution in [0, 0.1) is 0 Å². The fourth-order valence-corrected chi connectivity index (χ4v) is 7.44. The van der Waals surface area contributed by atoms with Gasteiger partial charge in [-0.05, 0) is 83.5 Å². The van der Waals surface area contributed by atoms with Gasteiger partial charge in [-0.25, -0.2) is 0 Å². The maximum absolute atomic E-state index is 12.4. The Bertz CT molecular complexity index is 946. The molecule has 0 aliphatic rings. The van der Waals surface area contributed by atoms with Crippen molar-refractivity contribution in [2.75, 3.05) is 13.2 Å². The Morgan fingerprint density at radius 3 is 1.22 bits per heavy atom. The summed E-state index contributed by atoms with van der Waals surface area (Å²) in [6.45, 7) is 4.80. The van der Waals surface area contributed by atoms with E-state index in [2.05, 4.69) is 43.5 Å². The molecule has 0 spiro atoms. The fraction of sp³-hybridized carbons (Fsp3) is 0.846. The van der Waals surface area contributed by atoms with Gasteiger partial charge in [-0.2, -0.15) is 0 Å². The number of allylic oxidation sites excluding steroid dienone is 5. The number of rotatable bonds is 46. The number of aliphatic hydroxyl groups excluding tert-OH is 2. The molecule has 0 heterocycles. The van der Waals surface area contributed by atoms with Crippen LogP contribution in [0.1, 0.15) is 258 Å². The van der Waals surface area contributed by atoms with Crippen LogP contribution in [0.5, 0.6) is 0 Å². The first-order chi connectivity index (χ1) is 28.5. The number of amides is 1. The summed E-state index contributed by atoms with van der Waals surface area (Å²) in [7, 11) is 0. The van der Waals surface area contributed by atoms with Crippen LogP contribution in [0.2, 0.25) is 0 Å². The highest BCUT2D eigenvalue weighted by Crippen LogP contribution is 2.15. The Morgan fingerprint density at radius 2 is 0.810 bits per heavy atom. The number of aliphatic hydroxyl groups is 2. The molecule has 1 amide bonds. The van der Waals surface area contributed by atoms with Crippen molar-refractivity contribution in [2.24, 2.45) is 0 Å². The third-order valence-electron chi connectivity index (χ3n) is 11.4. The van der Waals surface area contributed by atoms with Crippen LogP contribution in [-0.4, -0.2) is 47.4 Å². The summed E-state index contributed by atoms with van der Waals surface area (Å²) in [5.74, 6) is -0.140. The quantitative estimate of drug-likeness (QED) is 0.0323. The molecule has 3 N–H and O–H groups in total. The summed E-state index contributed by atoms with van der Waals surface area (Å²) < 4.78 is 5.42. The molecule has 0 aromatic carbocycles. The van der Waals surface area contributed by atoms with Crippen molar-refractivity contribution in [3.63, 3.8) is 0 Å². The molecule has 0 aromatic heterocycles. The minimum atomic E-state index is -0.863. The lowest BCUT2D eigenvalue weighted by molar-refractivity contribution is -0.143. The molecule has 6 heteroatoms. The largest absolute Gasteiger partial charge is 0.466 e. The molecule has 58 heavy (non-hydrogen) atoms. The molecule has 6 nitrogen and oxygen atoms in total. The van der Waals surface area contributed by atoms with E-state index in [0.717, 1.165) is 83.5 Å². The molecule has 2 unspecified atom stereocenters. The number of esters is 1. The summed E-state index contributed by atoms with van der Waals surface area (Å²) in [5.41, 5.74) is 0. The fourth-order valence-electron chi connectivity index (χ4n) is 7.44. The number of unbranched alkanes of at least 4 members (excludes halogenated alkanes) is 31. The lowest BCUT2D eigenvalue weighted by Gasteiger charge is -2.20. The Kier molecular flexibility index (Phi) is 46.2. The highest BCUT2D eigenvalue weighted by atomic mass is 16.5. The zero-order chi connectivity index (χ0) is 42.3. The molecule has 0 rings (SSSR count). The first-order valence-corrected chi connectivity index (χ1v) is 25.3. The van der Waals surface area contributed by atoms with Crippen molar-refractivity contribution in [1.82, 2.24) is 5.32 Å². The average Bonchev–Trinajstić information content (AvgIpc) is 3.22. The van der Waals surface area contributed by atoms with Gasteiger partial charge in [-0.15, -0.1) is 0 Å². The van der Waals surface area contributed by atoms with Gasteiger partial charge in [0, 0.05) is 12.8 Å². The van der Waals surface area contributed by atoms with E-state index in [0.29, 0.717) is 19.4 Å². The maximum atomic E-state index is 12.4. The summed E-state index contributed by atoms with van der Waals surface area (Å²) in [6.07, 6.45) is 57.1. The molecule has 0 saturated heterocycles. The zero-order valence-corrected chi connectivity index (χ0v) is 38.5. The van der Waals surface area contributed by atoms with Crippen molar-refractivity contribution < 1.29 is 24.5 Å². The van der Waals surface area contributed by atoms with Gasteiger partial charge in [0.1, 0.15) is 0 Å². The second-order valence-corrected chi connectivity index (χ2v) is 17.1. The van der Waals surface area contributed by atoms with Crippen molar-refractivity contribution in [1.29, 1.82) is 0 Å². The van der Waals surface area contributed by atoms with Gasteiger partial charge in [-0.3, -0.25) is 9.59 Å². The molecule has 0 aromatic rings. The van der Waals surface area contributed by atoms with E-state index in [1.54, 1.807) is 6.08 Å². The molecule has 0 fully saturated rings. The smallest absolute Gasteiger partial charge is 0.305 e. The predicted molar refractivity (Wildman–Crippen MR) is 250 cm³/mol. The van der Waals surface area contributed by atoms with Crippen molar-refractivity contribution >= 4 is 11.9 Å². The van der Waals surface area contributed by atoms with E-state index in [-0.39, 0.29) is 18.5 Å². The molecule has 0 bridgehead atoms. The van der Waals surface area contributed by atoms with Crippen LogP contribution in [0.3, 0.4) is 0 Å². The number of hydrogen-bond donors (Lipinski definition) is 3. The summed E-state index contributed by atoms with van der Waals surface area (Å²) in [6, 6.07) is -0.649. The van der Waals surface area contributed by atoms with Crippen LogP contribution in [0.15, 0.2) is 36.5 Å². The molecule has 0 aliphatic heterocycles. The summed E-state index contributed by atoms with van der Waals surface area (Å²) in [4.78, 5) is 24.4. The van der Waals surface area contributed by atoms with E-state index < -0.39 is 12.1 Å². The first-order valence-electron chi connectivity index (χ1n) is 25.3. The van der Waals surface area contributed by atoms with Crippen molar-refractivity contribution in [3.05, 3.63) is 36.5 Å². The Morgan fingerprint density at radius 1 is 0.466 bits per heavy atom. The van der Waals surface area contributed by atoms with Crippen LogP contribution < -0.4 is 5.32 Å². The highest BCUT2D eigenvalue weighted by Gasteiger charge is 2.18. The van der Waals surface area contributed by atoms with E-state index in [1.807, 2.05) is 6.08 Å². The third kappa shape index (κ3) is 43.7. The average molecular weight is 816 g/mol. The van der Waals surface area contributed by atoms with E-state index in [9.17, 15) is 19.8 Å².